The molecule has 3 heterocycles. The monoisotopic (exact) mass is 308 g/mol. The number of aromatic amines is 1. The van der Waals surface area contributed by atoms with Crippen molar-refractivity contribution in [2.75, 3.05) is 25.0 Å². The molecular formula is C17H20N6. The summed E-state index contributed by atoms with van der Waals surface area (Å²) in [7, 11) is 2.15. The Morgan fingerprint density at radius 3 is 2.87 bits per heavy atom. The van der Waals surface area contributed by atoms with Crippen LogP contribution in [-0.2, 0) is 6.54 Å². The van der Waals surface area contributed by atoms with Crippen LogP contribution in [0, 0.1) is 6.92 Å². The number of hydrogen-bond acceptors (Lipinski definition) is 5. The molecule has 1 fully saturated rings. The molecule has 23 heavy (non-hydrogen) atoms. The second kappa shape index (κ2) is 5.62. The third-order valence-electron chi connectivity index (χ3n) is 4.44. The summed E-state index contributed by atoms with van der Waals surface area (Å²) in [6.45, 7) is 4.81. The van der Waals surface area contributed by atoms with Crippen molar-refractivity contribution in [3.63, 3.8) is 0 Å². The first-order valence-corrected chi connectivity index (χ1v) is 7.86. The summed E-state index contributed by atoms with van der Waals surface area (Å²) in [4.78, 5) is 21.2. The number of hydrogen-bond donors (Lipinski definition) is 1. The molecule has 0 aliphatic carbocycles. The van der Waals surface area contributed by atoms with Gasteiger partial charge in [-0.3, -0.25) is 4.90 Å². The van der Waals surface area contributed by atoms with Gasteiger partial charge in [-0.2, -0.15) is 0 Å². The van der Waals surface area contributed by atoms with E-state index < -0.39 is 0 Å². The molecule has 2 aromatic heterocycles. The number of aryl methyl sites for hydroxylation is 1. The van der Waals surface area contributed by atoms with Crippen LogP contribution in [0.2, 0.25) is 0 Å². The molecule has 0 radical (unpaired) electrons. The largest absolute Gasteiger partial charge is 0.353 e. The molecule has 1 aliphatic rings. The van der Waals surface area contributed by atoms with Gasteiger partial charge >= 0.3 is 0 Å². The third kappa shape index (κ3) is 2.77. The van der Waals surface area contributed by atoms with Gasteiger partial charge in [-0.25, -0.2) is 15.0 Å². The van der Waals surface area contributed by atoms with Crippen LogP contribution in [0.5, 0.6) is 0 Å². The number of rotatable bonds is 4. The van der Waals surface area contributed by atoms with Gasteiger partial charge in [-0.1, -0.05) is 12.1 Å². The number of likely N-dealkylation sites (N-methyl/N-ethyl adjacent to an activating group) is 1. The molecule has 0 saturated carbocycles. The van der Waals surface area contributed by atoms with Crippen LogP contribution in [-0.4, -0.2) is 51.0 Å². The highest BCUT2D eigenvalue weighted by molar-refractivity contribution is 5.74. The Labute approximate surface area is 135 Å². The Morgan fingerprint density at radius 2 is 2.09 bits per heavy atom. The zero-order valence-corrected chi connectivity index (χ0v) is 13.4. The standard InChI is InChI=1S/C17H20N6/c1-12-7-17(19-11-18-12)23-8-13(9-23)22(2)10-16-20-14-5-3-4-6-15(14)21-16/h3-7,11,13H,8-10H2,1-2H3,(H,20,21). The smallest absolute Gasteiger partial charge is 0.132 e. The van der Waals surface area contributed by atoms with Crippen molar-refractivity contribution < 1.29 is 0 Å². The number of nitrogens with one attached hydrogen (secondary N) is 1. The predicted octanol–water partition coefficient (Wildman–Crippen LogP) is 1.98. The Hall–Kier alpha value is -2.47. The van der Waals surface area contributed by atoms with E-state index in [0.717, 1.165) is 48.0 Å². The summed E-state index contributed by atoms with van der Waals surface area (Å²) in [5.74, 6) is 2.04. The van der Waals surface area contributed by atoms with Gasteiger partial charge in [0, 0.05) is 30.9 Å². The lowest BCUT2D eigenvalue weighted by molar-refractivity contribution is 0.193. The lowest BCUT2D eigenvalue weighted by Crippen LogP contribution is -2.58. The van der Waals surface area contributed by atoms with E-state index in [1.54, 1.807) is 6.33 Å². The number of nitrogens with zero attached hydrogens (tertiary/aromatic N) is 5. The number of aromatic nitrogens is 4. The number of fused-ring (bicyclic) bond motifs is 1. The molecule has 0 spiro atoms. The van der Waals surface area contributed by atoms with Gasteiger partial charge in [0.25, 0.3) is 0 Å². The summed E-state index contributed by atoms with van der Waals surface area (Å²) in [5, 5.41) is 0. The summed E-state index contributed by atoms with van der Waals surface area (Å²) in [6.07, 6.45) is 1.64. The van der Waals surface area contributed by atoms with Gasteiger partial charge < -0.3 is 9.88 Å². The molecule has 3 aromatic rings. The van der Waals surface area contributed by atoms with Gasteiger partial charge in [0.1, 0.15) is 18.0 Å². The van der Waals surface area contributed by atoms with Crippen LogP contribution >= 0.6 is 0 Å². The fraction of sp³-hybridized carbons (Fsp3) is 0.353. The average molecular weight is 308 g/mol. The van der Waals surface area contributed by atoms with E-state index in [1.807, 2.05) is 31.2 Å². The number of imidazole rings is 1. The van der Waals surface area contributed by atoms with Gasteiger partial charge in [0.15, 0.2) is 0 Å². The Kier molecular flexibility index (Phi) is 3.46. The van der Waals surface area contributed by atoms with E-state index in [-0.39, 0.29) is 0 Å². The molecule has 1 N–H and O–H groups in total. The van der Waals surface area contributed by atoms with Crippen molar-refractivity contribution in [2.24, 2.45) is 0 Å². The molecule has 6 heteroatoms. The molecule has 1 aliphatic heterocycles. The SMILES string of the molecule is Cc1cc(N2CC(N(C)Cc3nc4ccccc4[nH]3)C2)ncn1. The first-order chi connectivity index (χ1) is 11.2. The van der Waals surface area contributed by atoms with Crippen LogP contribution in [0.1, 0.15) is 11.5 Å². The van der Waals surface area contributed by atoms with Crippen molar-refractivity contribution in [1.82, 2.24) is 24.8 Å². The Balaban J connectivity index is 1.38. The highest BCUT2D eigenvalue weighted by Crippen LogP contribution is 2.22. The van der Waals surface area contributed by atoms with Crippen LogP contribution < -0.4 is 4.90 Å². The van der Waals surface area contributed by atoms with Crippen LogP contribution in [0.15, 0.2) is 36.7 Å². The summed E-state index contributed by atoms with van der Waals surface area (Å²) in [6, 6.07) is 10.7. The van der Waals surface area contributed by atoms with E-state index in [9.17, 15) is 0 Å². The van der Waals surface area contributed by atoms with Gasteiger partial charge in [0.2, 0.25) is 0 Å². The fourth-order valence-electron chi connectivity index (χ4n) is 2.98. The highest BCUT2D eigenvalue weighted by atomic mass is 15.3. The highest BCUT2D eigenvalue weighted by Gasteiger charge is 2.31. The zero-order chi connectivity index (χ0) is 15.8. The van der Waals surface area contributed by atoms with Crippen LogP contribution in [0.3, 0.4) is 0 Å². The first-order valence-electron chi connectivity index (χ1n) is 7.86. The predicted molar refractivity (Wildman–Crippen MR) is 90.3 cm³/mol. The number of H-pyrrole nitrogens is 1. The first kappa shape index (κ1) is 14.1. The molecular weight excluding hydrogens is 288 g/mol. The van der Waals surface area contributed by atoms with E-state index in [1.165, 1.54) is 0 Å². The van der Waals surface area contributed by atoms with E-state index in [0.29, 0.717) is 6.04 Å². The minimum atomic E-state index is 0.526. The second-order valence-electron chi connectivity index (χ2n) is 6.19. The van der Waals surface area contributed by atoms with Crippen molar-refractivity contribution in [3.8, 4) is 0 Å². The number of benzene rings is 1. The summed E-state index contributed by atoms with van der Waals surface area (Å²) < 4.78 is 0. The molecule has 1 saturated heterocycles. The lowest BCUT2D eigenvalue weighted by Gasteiger charge is -2.44. The minimum absolute atomic E-state index is 0.526. The molecule has 118 valence electrons. The topological polar surface area (TPSA) is 60.9 Å². The summed E-state index contributed by atoms with van der Waals surface area (Å²) in [5.41, 5.74) is 3.14. The molecule has 1 aromatic carbocycles. The Bertz CT molecular complexity index is 788. The quantitative estimate of drug-likeness (QED) is 0.798. The summed E-state index contributed by atoms with van der Waals surface area (Å²) >= 11 is 0. The molecule has 6 nitrogen and oxygen atoms in total. The Morgan fingerprint density at radius 1 is 1.26 bits per heavy atom. The molecule has 0 bridgehead atoms. The third-order valence-corrected chi connectivity index (χ3v) is 4.44. The van der Waals surface area contributed by atoms with E-state index >= 15 is 0 Å². The van der Waals surface area contributed by atoms with Crippen molar-refractivity contribution in [1.29, 1.82) is 0 Å². The van der Waals surface area contributed by atoms with Gasteiger partial charge in [-0.05, 0) is 26.1 Å². The van der Waals surface area contributed by atoms with E-state index in [2.05, 4.69) is 42.8 Å². The van der Waals surface area contributed by atoms with Crippen molar-refractivity contribution >= 4 is 16.9 Å². The average Bonchev–Trinajstić information content (AvgIpc) is 2.87. The minimum Gasteiger partial charge on any atom is -0.353 e. The normalized spacial score (nSPS) is 15.3. The van der Waals surface area contributed by atoms with E-state index in [4.69, 9.17) is 0 Å². The molecule has 0 unspecified atom stereocenters. The molecule has 0 atom stereocenters. The van der Waals surface area contributed by atoms with Crippen molar-refractivity contribution in [2.45, 2.75) is 19.5 Å². The maximum atomic E-state index is 4.65. The maximum Gasteiger partial charge on any atom is 0.132 e. The van der Waals surface area contributed by atoms with Gasteiger partial charge in [-0.15, -0.1) is 0 Å². The van der Waals surface area contributed by atoms with Crippen molar-refractivity contribution in [3.05, 3.63) is 48.2 Å². The molecule has 0 amide bonds. The van der Waals surface area contributed by atoms with Gasteiger partial charge in [0.05, 0.1) is 17.6 Å². The fourth-order valence-corrected chi connectivity index (χ4v) is 2.98. The zero-order valence-electron chi connectivity index (χ0n) is 13.4. The van der Waals surface area contributed by atoms with Crippen LogP contribution in [0.4, 0.5) is 5.82 Å². The number of anilines is 1. The lowest BCUT2D eigenvalue weighted by atomic mass is 10.1. The van der Waals surface area contributed by atoms with Crippen LogP contribution in [0.25, 0.3) is 11.0 Å². The number of para-hydroxylation sites is 2. The second-order valence-corrected chi connectivity index (χ2v) is 6.19. The maximum absolute atomic E-state index is 4.65. The molecule has 4 rings (SSSR count).